The number of rotatable bonds is 6. The summed E-state index contributed by atoms with van der Waals surface area (Å²) in [6, 6.07) is 7.71. The summed E-state index contributed by atoms with van der Waals surface area (Å²) in [5.74, 6) is 0.527. The van der Waals surface area contributed by atoms with E-state index in [0.29, 0.717) is 6.42 Å². The first-order chi connectivity index (χ1) is 8.45. The Labute approximate surface area is 117 Å². The molecule has 0 aliphatic rings. The third-order valence-corrected chi connectivity index (χ3v) is 3.87. The van der Waals surface area contributed by atoms with Crippen LogP contribution in [0.5, 0.6) is 0 Å². The molecule has 0 aliphatic heterocycles. The molecule has 0 saturated carbocycles. The fraction of sp³-hybridized carbons (Fsp3) is 0.462. The summed E-state index contributed by atoms with van der Waals surface area (Å²) in [4.78, 5) is 12.5. The van der Waals surface area contributed by atoms with Crippen LogP contribution in [0.3, 0.4) is 0 Å². The second-order valence-corrected chi connectivity index (χ2v) is 5.92. The molecule has 3 nitrogen and oxygen atoms in total. The van der Waals surface area contributed by atoms with Crippen LogP contribution in [-0.4, -0.2) is 24.4 Å². The molecule has 0 bridgehead atoms. The molecule has 1 aromatic carbocycles. The van der Waals surface area contributed by atoms with Crippen LogP contribution in [0, 0.1) is 0 Å². The van der Waals surface area contributed by atoms with Crippen LogP contribution in [0.2, 0.25) is 5.02 Å². The van der Waals surface area contributed by atoms with Gasteiger partial charge in [0.1, 0.15) is 5.54 Å². The van der Waals surface area contributed by atoms with Crippen LogP contribution in [0.1, 0.15) is 19.8 Å². The molecule has 1 aromatic rings. The molecule has 0 amide bonds. The molecular weight excluding hydrogens is 270 g/mol. The number of hydrogen-bond acceptors (Lipinski definition) is 4. The van der Waals surface area contributed by atoms with Crippen molar-refractivity contribution >= 4 is 29.3 Å². The highest BCUT2D eigenvalue weighted by Gasteiger charge is 2.28. The zero-order valence-electron chi connectivity index (χ0n) is 10.6. The summed E-state index contributed by atoms with van der Waals surface area (Å²) in [6.45, 7) is 1.70. The lowest BCUT2D eigenvalue weighted by atomic mass is 9.98. The SMILES string of the molecule is COC(=O)C(C)(N)CCCSc1cccc(Cl)c1. The molecule has 1 unspecified atom stereocenters. The normalized spacial score (nSPS) is 14.0. The van der Waals surface area contributed by atoms with Gasteiger partial charge >= 0.3 is 5.97 Å². The second-order valence-electron chi connectivity index (χ2n) is 4.32. The van der Waals surface area contributed by atoms with Crippen LogP contribution in [0.15, 0.2) is 29.2 Å². The van der Waals surface area contributed by atoms with Crippen LogP contribution < -0.4 is 5.73 Å². The standard InChI is InChI=1S/C13H18ClNO2S/c1-13(15,12(16)17-2)7-4-8-18-11-6-3-5-10(14)9-11/h3,5-6,9H,4,7-8,15H2,1-2H3. The number of halogens is 1. The Bertz CT molecular complexity index is 410. The second kappa shape index (κ2) is 7.02. The van der Waals surface area contributed by atoms with Crippen LogP contribution in [0.25, 0.3) is 0 Å². The van der Waals surface area contributed by atoms with Crippen molar-refractivity contribution in [2.75, 3.05) is 12.9 Å². The molecule has 0 spiro atoms. The number of carbonyl (C=O) groups is 1. The van der Waals surface area contributed by atoms with Crippen LogP contribution in [0.4, 0.5) is 0 Å². The van der Waals surface area contributed by atoms with E-state index >= 15 is 0 Å². The zero-order valence-corrected chi connectivity index (χ0v) is 12.2. The summed E-state index contributed by atoms with van der Waals surface area (Å²) >= 11 is 7.60. The largest absolute Gasteiger partial charge is 0.468 e. The third-order valence-electron chi connectivity index (χ3n) is 2.56. The fourth-order valence-electron chi connectivity index (χ4n) is 1.52. The first kappa shape index (κ1) is 15.3. The predicted octanol–water partition coefficient (Wildman–Crippen LogP) is 3.10. The van der Waals surface area contributed by atoms with Crippen molar-refractivity contribution in [1.29, 1.82) is 0 Å². The molecule has 0 fully saturated rings. The van der Waals surface area contributed by atoms with E-state index in [1.165, 1.54) is 7.11 Å². The molecular formula is C13H18ClNO2S. The Kier molecular flexibility index (Phi) is 5.99. The smallest absolute Gasteiger partial charge is 0.325 e. The van der Waals surface area contributed by atoms with E-state index < -0.39 is 5.54 Å². The van der Waals surface area contributed by atoms with Gasteiger partial charge in [0, 0.05) is 9.92 Å². The molecule has 5 heteroatoms. The Hall–Kier alpha value is -0.710. The highest BCUT2D eigenvalue weighted by molar-refractivity contribution is 7.99. The summed E-state index contributed by atoms with van der Waals surface area (Å²) in [5.41, 5.74) is 4.97. The topological polar surface area (TPSA) is 52.3 Å². The number of ether oxygens (including phenoxy) is 1. The Morgan fingerprint density at radius 2 is 2.28 bits per heavy atom. The number of carbonyl (C=O) groups excluding carboxylic acids is 1. The highest BCUT2D eigenvalue weighted by Crippen LogP contribution is 2.23. The lowest BCUT2D eigenvalue weighted by Crippen LogP contribution is -2.45. The van der Waals surface area contributed by atoms with Crippen molar-refractivity contribution in [1.82, 2.24) is 0 Å². The van der Waals surface area contributed by atoms with Gasteiger partial charge in [-0.25, -0.2) is 0 Å². The van der Waals surface area contributed by atoms with Gasteiger partial charge in [0.05, 0.1) is 7.11 Å². The quantitative estimate of drug-likeness (QED) is 0.496. The van der Waals surface area contributed by atoms with Crippen molar-refractivity contribution in [3.05, 3.63) is 29.3 Å². The van der Waals surface area contributed by atoms with Gasteiger partial charge in [0.15, 0.2) is 0 Å². The number of nitrogens with two attached hydrogens (primary N) is 1. The maximum absolute atomic E-state index is 11.4. The maximum atomic E-state index is 11.4. The number of benzene rings is 1. The molecule has 0 saturated heterocycles. The minimum Gasteiger partial charge on any atom is -0.468 e. The Balaban J connectivity index is 2.33. The van der Waals surface area contributed by atoms with Gasteiger partial charge in [0.25, 0.3) is 0 Å². The first-order valence-corrected chi connectivity index (χ1v) is 7.08. The molecule has 1 atom stereocenters. The van der Waals surface area contributed by atoms with Crippen molar-refractivity contribution < 1.29 is 9.53 Å². The fourth-order valence-corrected chi connectivity index (χ4v) is 2.69. The van der Waals surface area contributed by atoms with E-state index in [1.807, 2.05) is 24.3 Å². The predicted molar refractivity (Wildman–Crippen MR) is 76.0 cm³/mol. The Morgan fingerprint density at radius 3 is 2.89 bits per heavy atom. The minimum absolute atomic E-state index is 0.366. The third kappa shape index (κ3) is 4.88. The monoisotopic (exact) mass is 287 g/mol. The Morgan fingerprint density at radius 1 is 1.56 bits per heavy atom. The average Bonchev–Trinajstić information content (AvgIpc) is 2.33. The zero-order chi connectivity index (χ0) is 13.6. The van der Waals surface area contributed by atoms with E-state index in [-0.39, 0.29) is 5.97 Å². The molecule has 0 aliphatic carbocycles. The van der Waals surface area contributed by atoms with Crippen LogP contribution >= 0.6 is 23.4 Å². The van der Waals surface area contributed by atoms with E-state index in [9.17, 15) is 4.79 Å². The summed E-state index contributed by atoms with van der Waals surface area (Å²) in [5, 5.41) is 0.734. The summed E-state index contributed by atoms with van der Waals surface area (Å²) in [7, 11) is 1.36. The lowest BCUT2D eigenvalue weighted by molar-refractivity contribution is -0.146. The van der Waals surface area contributed by atoms with Crippen molar-refractivity contribution in [3.8, 4) is 0 Å². The summed E-state index contributed by atoms with van der Waals surface area (Å²) in [6.07, 6.45) is 1.45. The van der Waals surface area contributed by atoms with Gasteiger partial charge in [-0.2, -0.15) is 0 Å². The molecule has 18 heavy (non-hydrogen) atoms. The number of methoxy groups -OCH3 is 1. The van der Waals surface area contributed by atoms with E-state index in [2.05, 4.69) is 4.74 Å². The van der Waals surface area contributed by atoms with Crippen molar-refractivity contribution in [3.63, 3.8) is 0 Å². The average molecular weight is 288 g/mol. The molecule has 1 rings (SSSR count). The van der Waals surface area contributed by atoms with E-state index in [1.54, 1.807) is 18.7 Å². The van der Waals surface area contributed by atoms with Gasteiger partial charge in [0.2, 0.25) is 0 Å². The molecule has 0 heterocycles. The van der Waals surface area contributed by atoms with E-state index in [4.69, 9.17) is 17.3 Å². The first-order valence-electron chi connectivity index (χ1n) is 5.71. The number of esters is 1. The number of hydrogen-bond donors (Lipinski definition) is 1. The van der Waals surface area contributed by atoms with Gasteiger partial charge in [-0.15, -0.1) is 11.8 Å². The van der Waals surface area contributed by atoms with Crippen molar-refractivity contribution in [2.45, 2.75) is 30.2 Å². The molecule has 0 radical (unpaired) electrons. The lowest BCUT2D eigenvalue weighted by Gasteiger charge is -2.20. The van der Waals surface area contributed by atoms with Gasteiger partial charge in [-0.1, -0.05) is 17.7 Å². The van der Waals surface area contributed by atoms with E-state index in [0.717, 1.165) is 22.1 Å². The van der Waals surface area contributed by atoms with Gasteiger partial charge in [-0.3, -0.25) is 4.79 Å². The maximum Gasteiger partial charge on any atom is 0.325 e. The summed E-state index contributed by atoms with van der Waals surface area (Å²) < 4.78 is 4.66. The molecule has 100 valence electrons. The minimum atomic E-state index is -0.899. The number of thioether (sulfide) groups is 1. The molecule has 0 aromatic heterocycles. The molecule has 2 N–H and O–H groups in total. The highest BCUT2D eigenvalue weighted by atomic mass is 35.5. The van der Waals surface area contributed by atoms with Crippen molar-refractivity contribution in [2.24, 2.45) is 5.73 Å². The van der Waals surface area contributed by atoms with Crippen LogP contribution in [-0.2, 0) is 9.53 Å². The van der Waals surface area contributed by atoms with Gasteiger partial charge in [-0.05, 0) is 43.7 Å². The van der Waals surface area contributed by atoms with Gasteiger partial charge < -0.3 is 10.5 Å².